The number of hydrogen-bond acceptors (Lipinski definition) is 6. The molecule has 148 valence electrons. The quantitative estimate of drug-likeness (QED) is 0.294. The zero-order valence-electron chi connectivity index (χ0n) is 15.4. The van der Waals surface area contributed by atoms with Crippen LogP contribution in [0.5, 0.6) is 11.5 Å². The summed E-state index contributed by atoms with van der Waals surface area (Å²) < 4.78 is 10.9. The van der Waals surface area contributed by atoms with E-state index >= 15 is 0 Å². The number of ether oxygens (including phenoxy) is 2. The Labute approximate surface area is 167 Å². The molecule has 1 aromatic carbocycles. The van der Waals surface area contributed by atoms with Crippen molar-refractivity contribution < 1.29 is 29.0 Å². The Morgan fingerprint density at radius 3 is 2.71 bits per heavy atom. The topological polar surface area (TPSA) is 105 Å². The van der Waals surface area contributed by atoms with E-state index in [1.165, 1.54) is 30.0 Å². The normalized spacial score (nSPS) is 16.6. The van der Waals surface area contributed by atoms with Crippen molar-refractivity contribution in [2.45, 2.75) is 20.0 Å². The molecule has 9 heteroatoms. The second-order valence-corrected chi connectivity index (χ2v) is 6.15. The number of amides is 2. The highest BCUT2D eigenvalue weighted by molar-refractivity contribution is 7.80. The number of carboxylic acid groups (broad SMARTS) is 1. The summed E-state index contributed by atoms with van der Waals surface area (Å²) in [6.45, 7) is 7.22. The van der Waals surface area contributed by atoms with Gasteiger partial charge in [0.15, 0.2) is 22.7 Å². The maximum Gasteiger partial charge on any atom is 0.344 e. The van der Waals surface area contributed by atoms with Crippen molar-refractivity contribution in [1.82, 2.24) is 10.2 Å². The van der Waals surface area contributed by atoms with E-state index in [-0.39, 0.29) is 23.0 Å². The molecule has 0 radical (unpaired) electrons. The van der Waals surface area contributed by atoms with Crippen molar-refractivity contribution in [3.05, 3.63) is 42.0 Å². The van der Waals surface area contributed by atoms with Gasteiger partial charge in [-0.2, -0.15) is 0 Å². The van der Waals surface area contributed by atoms with E-state index in [0.29, 0.717) is 17.9 Å². The molecule has 0 aromatic heterocycles. The molecule has 1 aliphatic heterocycles. The monoisotopic (exact) mass is 404 g/mol. The molecule has 0 bridgehead atoms. The number of carbonyl (C=O) groups is 3. The third-order valence-electron chi connectivity index (χ3n) is 3.73. The van der Waals surface area contributed by atoms with E-state index in [0.717, 1.165) is 0 Å². The predicted molar refractivity (Wildman–Crippen MR) is 106 cm³/mol. The van der Waals surface area contributed by atoms with Crippen molar-refractivity contribution in [1.29, 1.82) is 0 Å². The molecule has 2 rings (SSSR count). The minimum absolute atomic E-state index is 0.0217. The van der Waals surface area contributed by atoms with Crippen LogP contribution in [0, 0.1) is 0 Å². The molecule has 1 atom stereocenters. The zero-order chi connectivity index (χ0) is 20.8. The minimum Gasteiger partial charge on any atom is -0.490 e. The molecule has 2 amide bonds. The average molecular weight is 404 g/mol. The number of nitrogens with zero attached hydrogens (tertiary/aromatic N) is 1. The Bertz CT molecular complexity index is 864. The minimum atomic E-state index is -1.11. The highest BCUT2D eigenvalue weighted by Crippen LogP contribution is 2.30. The van der Waals surface area contributed by atoms with Crippen LogP contribution in [0.4, 0.5) is 0 Å². The van der Waals surface area contributed by atoms with Crippen LogP contribution in [0.25, 0.3) is 6.08 Å². The lowest BCUT2D eigenvalue weighted by atomic mass is 10.1. The van der Waals surface area contributed by atoms with Gasteiger partial charge in [0, 0.05) is 6.54 Å². The van der Waals surface area contributed by atoms with Gasteiger partial charge in [-0.1, -0.05) is 12.1 Å². The maximum atomic E-state index is 12.6. The first-order chi connectivity index (χ1) is 13.3. The summed E-state index contributed by atoms with van der Waals surface area (Å²) in [7, 11) is 0. The number of benzene rings is 1. The van der Waals surface area contributed by atoms with Crippen LogP contribution in [0.2, 0.25) is 0 Å². The van der Waals surface area contributed by atoms with Gasteiger partial charge in [0.1, 0.15) is 5.57 Å². The largest absolute Gasteiger partial charge is 0.490 e. The SMILES string of the molecule is C=CCN1C(=O)C(=Cc2ccc(OC(C)C(=O)O)c(OCC)c2)C(=O)NC1=S. The van der Waals surface area contributed by atoms with Gasteiger partial charge in [-0.05, 0) is 49.8 Å². The molecule has 8 nitrogen and oxygen atoms in total. The fourth-order valence-electron chi connectivity index (χ4n) is 2.38. The van der Waals surface area contributed by atoms with Gasteiger partial charge in [0.2, 0.25) is 0 Å². The van der Waals surface area contributed by atoms with Gasteiger partial charge < -0.3 is 14.6 Å². The number of nitrogens with one attached hydrogen (secondary N) is 1. The average Bonchev–Trinajstić information content (AvgIpc) is 2.64. The van der Waals surface area contributed by atoms with Crippen LogP contribution in [0.1, 0.15) is 19.4 Å². The lowest BCUT2D eigenvalue weighted by Gasteiger charge is -2.27. The third-order valence-corrected chi connectivity index (χ3v) is 4.05. The van der Waals surface area contributed by atoms with Crippen molar-refractivity contribution >= 4 is 41.2 Å². The summed E-state index contributed by atoms with van der Waals surface area (Å²) in [6, 6.07) is 4.67. The number of hydrogen-bond donors (Lipinski definition) is 2. The van der Waals surface area contributed by atoms with Crippen LogP contribution in [0.15, 0.2) is 36.4 Å². The number of carboxylic acids is 1. The van der Waals surface area contributed by atoms with Crippen molar-refractivity contribution in [3.63, 3.8) is 0 Å². The van der Waals surface area contributed by atoms with Crippen LogP contribution >= 0.6 is 12.2 Å². The molecule has 1 aliphatic rings. The smallest absolute Gasteiger partial charge is 0.344 e. The molecule has 1 fully saturated rings. The lowest BCUT2D eigenvalue weighted by Crippen LogP contribution is -2.53. The molecular formula is C19H20N2O6S. The van der Waals surface area contributed by atoms with Gasteiger partial charge in [0.05, 0.1) is 6.61 Å². The Morgan fingerprint density at radius 2 is 2.11 bits per heavy atom. The number of aliphatic carboxylic acids is 1. The van der Waals surface area contributed by atoms with E-state index < -0.39 is 23.9 Å². The van der Waals surface area contributed by atoms with Crippen LogP contribution < -0.4 is 14.8 Å². The molecule has 2 N–H and O–H groups in total. The summed E-state index contributed by atoms with van der Waals surface area (Å²) in [5, 5.41) is 11.5. The van der Waals surface area contributed by atoms with Crippen LogP contribution in [-0.2, 0) is 14.4 Å². The van der Waals surface area contributed by atoms with Gasteiger partial charge in [-0.25, -0.2) is 4.79 Å². The van der Waals surface area contributed by atoms with Crippen molar-refractivity contribution in [2.75, 3.05) is 13.2 Å². The predicted octanol–water partition coefficient (Wildman–Crippen LogP) is 1.75. The van der Waals surface area contributed by atoms with Crippen LogP contribution in [-0.4, -0.2) is 52.2 Å². The third kappa shape index (κ3) is 4.74. The molecule has 0 spiro atoms. The Morgan fingerprint density at radius 1 is 1.39 bits per heavy atom. The van der Waals surface area contributed by atoms with Gasteiger partial charge >= 0.3 is 5.97 Å². The van der Waals surface area contributed by atoms with E-state index in [1.807, 2.05) is 0 Å². The van der Waals surface area contributed by atoms with Gasteiger partial charge in [0.25, 0.3) is 11.8 Å². The first-order valence-electron chi connectivity index (χ1n) is 8.44. The summed E-state index contributed by atoms with van der Waals surface area (Å²) in [6.07, 6.45) is 1.84. The fraction of sp³-hybridized carbons (Fsp3) is 0.263. The Hall–Kier alpha value is -3.20. The second kappa shape index (κ2) is 9.14. The molecule has 0 saturated carbocycles. The molecular weight excluding hydrogens is 384 g/mol. The maximum absolute atomic E-state index is 12.6. The standard InChI is InChI=1S/C19H20N2O6S/c1-4-8-21-17(23)13(16(22)20-19(21)28)9-12-6-7-14(15(10-12)26-5-2)27-11(3)18(24)25/h4,6-7,9-11H,1,5,8H2,2-3H3,(H,24,25)(H,20,22,28). The molecule has 1 aromatic rings. The molecule has 1 saturated heterocycles. The zero-order valence-corrected chi connectivity index (χ0v) is 16.2. The Balaban J connectivity index is 2.38. The summed E-state index contributed by atoms with van der Waals surface area (Å²) in [5.41, 5.74) is 0.411. The first kappa shape index (κ1) is 21.1. The molecule has 28 heavy (non-hydrogen) atoms. The highest BCUT2D eigenvalue weighted by Gasteiger charge is 2.32. The van der Waals surface area contributed by atoms with Crippen molar-refractivity contribution in [3.8, 4) is 11.5 Å². The molecule has 1 unspecified atom stereocenters. The van der Waals surface area contributed by atoms with Gasteiger partial charge in [-0.3, -0.25) is 19.8 Å². The van der Waals surface area contributed by atoms with E-state index in [2.05, 4.69) is 11.9 Å². The van der Waals surface area contributed by atoms with Gasteiger partial charge in [-0.15, -0.1) is 6.58 Å². The number of carbonyl (C=O) groups excluding carboxylic acids is 2. The fourth-order valence-corrected chi connectivity index (χ4v) is 2.63. The number of thiocarbonyl (C=S) groups is 1. The first-order valence-corrected chi connectivity index (χ1v) is 8.85. The summed E-state index contributed by atoms with van der Waals surface area (Å²) >= 11 is 5.01. The molecule has 1 heterocycles. The lowest BCUT2D eigenvalue weighted by molar-refractivity contribution is -0.144. The molecule has 0 aliphatic carbocycles. The van der Waals surface area contributed by atoms with E-state index in [4.69, 9.17) is 26.8 Å². The second-order valence-electron chi connectivity index (χ2n) is 5.76. The summed E-state index contributed by atoms with van der Waals surface area (Å²) in [4.78, 5) is 37.0. The Kier molecular flexibility index (Phi) is 6.89. The highest BCUT2D eigenvalue weighted by atomic mass is 32.1. The van der Waals surface area contributed by atoms with Crippen molar-refractivity contribution in [2.24, 2.45) is 0 Å². The number of rotatable bonds is 8. The van der Waals surface area contributed by atoms with E-state index in [1.54, 1.807) is 19.1 Å². The summed E-state index contributed by atoms with van der Waals surface area (Å²) in [5.74, 6) is -1.71. The van der Waals surface area contributed by atoms with E-state index in [9.17, 15) is 14.4 Å². The van der Waals surface area contributed by atoms with Crippen LogP contribution in [0.3, 0.4) is 0 Å².